The number of hydrogen-bond donors (Lipinski definition) is 0. The maximum absolute atomic E-state index is 12.7. The predicted molar refractivity (Wildman–Crippen MR) is 242 cm³/mol. The van der Waals surface area contributed by atoms with Gasteiger partial charge < -0.3 is 14.2 Å². The monoisotopic (exact) mass is 789 g/mol. The van der Waals surface area contributed by atoms with Crippen LogP contribution in [-0.2, 0) is 28.6 Å². The molecule has 0 aromatic heterocycles. The molecule has 0 bridgehead atoms. The van der Waals surface area contributed by atoms with Crippen molar-refractivity contribution in [1.82, 2.24) is 0 Å². The summed E-state index contributed by atoms with van der Waals surface area (Å²) in [5.41, 5.74) is 0. The van der Waals surface area contributed by atoms with Crippen LogP contribution in [0.5, 0.6) is 0 Å². The number of hydrogen-bond acceptors (Lipinski definition) is 6. The minimum Gasteiger partial charge on any atom is -0.462 e. The van der Waals surface area contributed by atoms with Crippen LogP contribution in [0.15, 0.2) is 109 Å². The normalized spacial score (nSPS) is 13.1. The van der Waals surface area contributed by atoms with Gasteiger partial charge in [0.15, 0.2) is 6.10 Å². The van der Waals surface area contributed by atoms with E-state index >= 15 is 0 Å². The molecule has 320 valence electrons. The Kier molecular flexibility index (Phi) is 41.7. The minimum absolute atomic E-state index is 0.120. The van der Waals surface area contributed by atoms with Crippen molar-refractivity contribution >= 4 is 17.9 Å². The van der Waals surface area contributed by atoms with Gasteiger partial charge in [-0.05, 0) is 77.0 Å². The van der Waals surface area contributed by atoms with E-state index in [2.05, 4.69) is 69.4 Å². The number of esters is 3. The van der Waals surface area contributed by atoms with Gasteiger partial charge in [-0.2, -0.15) is 0 Å². The molecule has 1 unspecified atom stereocenters. The van der Waals surface area contributed by atoms with Gasteiger partial charge in [0, 0.05) is 19.3 Å². The first-order valence-electron chi connectivity index (χ1n) is 22.5. The Morgan fingerprint density at radius 3 is 1.21 bits per heavy atom. The summed E-state index contributed by atoms with van der Waals surface area (Å²) in [6, 6.07) is 0. The Balaban J connectivity index is 4.58. The van der Waals surface area contributed by atoms with Gasteiger partial charge in [0.1, 0.15) is 13.2 Å². The summed E-state index contributed by atoms with van der Waals surface area (Å²) in [5.74, 6) is -1.05. The summed E-state index contributed by atoms with van der Waals surface area (Å²) in [6.45, 7) is 6.22. The van der Waals surface area contributed by atoms with Crippen LogP contribution in [0.4, 0.5) is 0 Å². The molecule has 0 aromatic rings. The van der Waals surface area contributed by atoms with Gasteiger partial charge in [-0.25, -0.2) is 0 Å². The summed E-state index contributed by atoms with van der Waals surface area (Å²) < 4.78 is 16.6. The summed E-state index contributed by atoms with van der Waals surface area (Å²) in [4.78, 5) is 37.7. The first-order chi connectivity index (χ1) is 28.0. The Hall–Kier alpha value is -3.93. The molecule has 0 saturated carbocycles. The highest BCUT2D eigenvalue weighted by Gasteiger charge is 2.19. The summed E-state index contributed by atoms with van der Waals surface area (Å²) >= 11 is 0. The van der Waals surface area contributed by atoms with E-state index in [0.29, 0.717) is 12.8 Å². The number of carbonyl (C=O) groups excluding carboxylic acids is 3. The molecule has 1 atom stereocenters. The molecule has 0 heterocycles. The third-order valence-electron chi connectivity index (χ3n) is 8.93. The lowest BCUT2D eigenvalue weighted by atomic mass is 10.1. The van der Waals surface area contributed by atoms with Gasteiger partial charge in [0.05, 0.1) is 0 Å². The van der Waals surface area contributed by atoms with Crippen LogP contribution in [-0.4, -0.2) is 37.2 Å². The van der Waals surface area contributed by atoms with Gasteiger partial charge >= 0.3 is 17.9 Å². The molecule has 0 aliphatic rings. The molecule has 0 N–H and O–H groups in total. The van der Waals surface area contributed by atoms with Crippen molar-refractivity contribution in [2.45, 2.75) is 181 Å². The van der Waals surface area contributed by atoms with E-state index in [1.54, 1.807) is 0 Å². The molecule has 0 aliphatic heterocycles. The Labute approximate surface area is 349 Å². The first kappa shape index (κ1) is 53.1. The Morgan fingerprint density at radius 1 is 0.368 bits per heavy atom. The molecule has 0 aromatic carbocycles. The zero-order valence-corrected chi connectivity index (χ0v) is 36.3. The molecule has 6 nitrogen and oxygen atoms in total. The van der Waals surface area contributed by atoms with Crippen molar-refractivity contribution in [3.05, 3.63) is 109 Å². The highest BCUT2D eigenvalue weighted by molar-refractivity contribution is 5.71. The highest BCUT2D eigenvalue weighted by Crippen LogP contribution is 2.12. The molecule has 0 rings (SSSR count). The number of unbranched alkanes of at least 4 members (excludes halogenated alkanes) is 15. The second kappa shape index (κ2) is 44.8. The van der Waals surface area contributed by atoms with Crippen LogP contribution >= 0.6 is 0 Å². The first-order valence-corrected chi connectivity index (χ1v) is 22.5. The largest absolute Gasteiger partial charge is 0.462 e. The van der Waals surface area contributed by atoms with E-state index in [0.717, 1.165) is 89.9 Å². The lowest BCUT2D eigenvalue weighted by Gasteiger charge is -2.18. The molecule has 57 heavy (non-hydrogen) atoms. The molecule has 0 saturated heterocycles. The fourth-order valence-corrected chi connectivity index (χ4v) is 5.58. The van der Waals surface area contributed by atoms with E-state index < -0.39 is 6.10 Å². The lowest BCUT2D eigenvalue weighted by Crippen LogP contribution is -2.30. The predicted octanol–water partition coefficient (Wildman–Crippen LogP) is 14.4. The third kappa shape index (κ3) is 43.0. The summed E-state index contributed by atoms with van der Waals surface area (Å²) in [6.07, 6.45) is 59.3. The molecule has 0 spiro atoms. The molecule has 0 radical (unpaired) electrons. The van der Waals surface area contributed by atoms with Crippen molar-refractivity contribution < 1.29 is 28.6 Å². The zero-order chi connectivity index (χ0) is 41.5. The van der Waals surface area contributed by atoms with E-state index in [9.17, 15) is 14.4 Å². The van der Waals surface area contributed by atoms with Crippen molar-refractivity contribution in [2.24, 2.45) is 0 Å². The Bertz CT molecular complexity index is 1230. The Morgan fingerprint density at radius 2 is 0.719 bits per heavy atom. The van der Waals surface area contributed by atoms with Gasteiger partial charge in [-0.1, -0.05) is 188 Å². The minimum atomic E-state index is -0.823. The molecule has 0 fully saturated rings. The van der Waals surface area contributed by atoms with Crippen LogP contribution in [0, 0.1) is 0 Å². The van der Waals surface area contributed by atoms with E-state index in [1.165, 1.54) is 38.5 Å². The topological polar surface area (TPSA) is 78.9 Å². The standard InChI is InChI=1S/C51H80O6/c1-4-7-10-13-16-19-22-25-28-31-34-37-40-43-49(52)55-46-48(57-51(54)45-42-39-36-33-30-27-24-21-18-15-12-9-6-3)47-56-50(53)44-41-38-35-32-29-26-23-20-17-14-11-8-5-2/h7,9-10,12-13,15-16,18-19,21-22,24-26,28-29,31,34,48H,4-6,8,11,14,17,20,23,27,30,32-33,35-47H2,1-3H3/b10-7+,12-9+,16-13+,18-15+,22-19+,24-21+,28-25+,29-26+,34-31+. The van der Waals surface area contributed by atoms with Crippen LogP contribution in [0.3, 0.4) is 0 Å². The second-order valence-corrected chi connectivity index (χ2v) is 14.4. The van der Waals surface area contributed by atoms with Crippen molar-refractivity contribution in [1.29, 1.82) is 0 Å². The maximum Gasteiger partial charge on any atom is 0.306 e. The van der Waals surface area contributed by atoms with Crippen LogP contribution < -0.4 is 0 Å². The average molecular weight is 789 g/mol. The third-order valence-corrected chi connectivity index (χ3v) is 8.93. The molecular weight excluding hydrogens is 709 g/mol. The lowest BCUT2D eigenvalue weighted by molar-refractivity contribution is -0.167. The van der Waals surface area contributed by atoms with Crippen molar-refractivity contribution in [3.8, 4) is 0 Å². The van der Waals surface area contributed by atoms with Crippen LogP contribution in [0.2, 0.25) is 0 Å². The molecule has 6 heteroatoms. The van der Waals surface area contributed by atoms with Crippen molar-refractivity contribution in [3.63, 3.8) is 0 Å². The van der Waals surface area contributed by atoms with E-state index in [4.69, 9.17) is 14.2 Å². The number of rotatable bonds is 38. The number of allylic oxidation sites excluding steroid dienone is 18. The zero-order valence-electron chi connectivity index (χ0n) is 36.3. The fourth-order valence-electron chi connectivity index (χ4n) is 5.58. The van der Waals surface area contributed by atoms with Gasteiger partial charge in [0.2, 0.25) is 0 Å². The number of ether oxygens (including phenoxy) is 3. The quantitative estimate of drug-likeness (QED) is 0.0204. The van der Waals surface area contributed by atoms with Crippen LogP contribution in [0.25, 0.3) is 0 Å². The van der Waals surface area contributed by atoms with Gasteiger partial charge in [-0.15, -0.1) is 0 Å². The molecule has 0 amide bonds. The highest BCUT2D eigenvalue weighted by atomic mass is 16.6. The van der Waals surface area contributed by atoms with Gasteiger partial charge in [0.25, 0.3) is 0 Å². The fraction of sp³-hybridized carbons (Fsp3) is 0.588. The van der Waals surface area contributed by atoms with Crippen molar-refractivity contribution in [2.75, 3.05) is 13.2 Å². The smallest absolute Gasteiger partial charge is 0.306 e. The van der Waals surface area contributed by atoms with E-state index in [-0.39, 0.29) is 44.0 Å². The second-order valence-electron chi connectivity index (χ2n) is 14.4. The van der Waals surface area contributed by atoms with E-state index in [1.807, 2.05) is 60.8 Å². The van der Waals surface area contributed by atoms with Gasteiger partial charge in [-0.3, -0.25) is 14.4 Å². The SMILES string of the molecule is CC/C=C/C=C/C=C/C=C/C=C/CCCC(=O)OCC(COC(=O)CCCCC/C=C/CCCCCCCC)OC(=O)CCCCCCC/C=C/C=C/C=C/CC. The summed E-state index contributed by atoms with van der Waals surface area (Å²) in [5, 5.41) is 0. The molecular formula is C51H80O6. The number of carbonyl (C=O) groups is 3. The average Bonchev–Trinajstić information content (AvgIpc) is 3.21. The summed E-state index contributed by atoms with van der Waals surface area (Å²) in [7, 11) is 0. The van der Waals surface area contributed by atoms with Crippen LogP contribution in [0.1, 0.15) is 175 Å². The molecule has 0 aliphatic carbocycles. The maximum atomic E-state index is 12.7.